The normalized spacial score (nSPS) is 17.7. The zero-order valence-electron chi connectivity index (χ0n) is 13.5. The molecular weight excluding hydrogens is 260 g/mol. The van der Waals surface area contributed by atoms with E-state index in [1.54, 1.807) is 0 Å². The molecule has 0 bridgehead atoms. The molecule has 1 aromatic carbocycles. The minimum absolute atomic E-state index is 0.851. The highest BCUT2D eigenvalue weighted by Crippen LogP contribution is 2.28. The molecule has 21 heavy (non-hydrogen) atoms. The van der Waals surface area contributed by atoms with Crippen LogP contribution in [-0.2, 0) is 12.8 Å². The van der Waals surface area contributed by atoms with Crippen LogP contribution >= 0.6 is 0 Å². The summed E-state index contributed by atoms with van der Waals surface area (Å²) in [5.74, 6) is 0.851. The maximum atomic E-state index is 5.65. The Morgan fingerprint density at radius 3 is 2.76 bits per heavy atom. The van der Waals surface area contributed by atoms with Crippen LogP contribution in [0.25, 0.3) is 11.0 Å². The first-order valence-corrected chi connectivity index (χ1v) is 8.24. The predicted octanol–water partition coefficient (Wildman–Crippen LogP) is 3.97. The van der Waals surface area contributed by atoms with Crippen molar-refractivity contribution < 1.29 is 4.52 Å². The topological polar surface area (TPSA) is 29.3 Å². The summed E-state index contributed by atoms with van der Waals surface area (Å²) >= 11 is 0. The molecule has 1 aliphatic heterocycles. The molecule has 1 saturated heterocycles. The lowest BCUT2D eigenvalue weighted by Gasteiger charge is -2.28. The first-order chi connectivity index (χ1) is 10.2. The maximum Gasteiger partial charge on any atom is 0.170 e. The van der Waals surface area contributed by atoms with Gasteiger partial charge in [-0.05, 0) is 76.7 Å². The van der Waals surface area contributed by atoms with Gasteiger partial charge >= 0.3 is 0 Å². The monoisotopic (exact) mass is 286 g/mol. The molecule has 0 saturated carbocycles. The van der Waals surface area contributed by atoms with Crippen LogP contribution in [0.2, 0.25) is 0 Å². The van der Waals surface area contributed by atoms with Crippen LogP contribution in [0.1, 0.15) is 43.0 Å². The maximum absolute atomic E-state index is 5.65. The summed E-state index contributed by atoms with van der Waals surface area (Å²) in [7, 11) is 2.22. The Morgan fingerprint density at radius 1 is 1.29 bits per heavy atom. The Bertz CT molecular complexity index is 609. The molecule has 3 heteroatoms. The summed E-state index contributed by atoms with van der Waals surface area (Å²) in [5, 5.41) is 5.59. The standard InChI is InChI=1S/C18H26N2O/c1-4-15-13(2)5-7-16-17(19-21-18(15)16)8-6-14-9-11-20(3)12-10-14/h5,7,14H,4,6,8-12H2,1-3H3. The number of nitrogens with zero attached hydrogens (tertiary/aromatic N) is 2. The molecule has 1 aromatic heterocycles. The van der Waals surface area contributed by atoms with Crippen LogP contribution < -0.4 is 0 Å². The number of piperidine rings is 1. The molecule has 3 rings (SSSR count). The number of rotatable bonds is 4. The predicted molar refractivity (Wildman–Crippen MR) is 86.7 cm³/mol. The molecule has 0 aliphatic carbocycles. The number of fused-ring (bicyclic) bond motifs is 1. The lowest BCUT2D eigenvalue weighted by atomic mass is 9.91. The van der Waals surface area contributed by atoms with Gasteiger partial charge in [0.25, 0.3) is 0 Å². The molecule has 114 valence electrons. The first-order valence-electron chi connectivity index (χ1n) is 8.24. The van der Waals surface area contributed by atoms with Crippen LogP contribution in [0.5, 0.6) is 0 Å². The fraction of sp³-hybridized carbons (Fsp3) is 0.611. The quantitative estimate of drug-likeness (QED) is 0.851. The molecule has 1 aliphatic rings. The van der Waals surface area contributed by atoms with E-state index in [2.05, 4.69) is 43.1 Å². The van der Waals surface area contributed by atoms with Crippen LogP contribution in [0.3, 0.4) is 0 Å². The van der Waals surface area contributed by atoms with Gasteiger partial charge in [0.05, 0.1) is 5.69 Å². The fourth-order valence-electron chi connectivity index (χ4n) is 3.52. The van der Waals surface area contributed by atoms with E-state index >= 15 is 0 Å². The Kier molecular flexibility index (Phi) is 4.29. The molecule has 0 radical (unpaired) electrons. The third-order valence-electron chi connectivity index (χ3n) is 5.03. The molecule has 2 heterocycles. The van der Waals surface area contributed by atoms with Gasteiger partial charge in [-0.25, -0.2) is 0 Å². The largest absolute Gasteiger partial charge is 0.356 e. The number of aryl methyl sites for hydroxylation is 3. The minimum atomic E-state index is 0.851. The van der Waals surface area contributed by atoms with E-state index in [1.165, 1.54) is 48.9 Å². The van der Waals surface area contributed by atoms with Crippen molar-refractivity contribution in [2.45, 2.75) is 46.0 Å². The van der Waals surface area contributed by atoms with Crippen LogP contribution in [0.4, 0.5) is 0 Å². The highest BCUT2D eigenvalue weighted by Gasteiger charge is 2.18. The zero-order chi connectivity index (χ0) is 14.8. The van der Waals surface area contributed by atoms with Gasteiger partial charge in [0.1, 0.15) is 0 Å². The molecular formula is C18H26N2O. The fourth-order valence-corrected chi connectivity index (χ4v) is 3.52. The van der Waals surface area contributed by atoms with Crippen molar-refractivity contribution >= 4 is 11.0 Å². The lowest BCUT2D eigenvalue weighted by Crippen LogP contribution is -2.30. The average Bonchev–Trinajstić information content (AvgIpc) is 2.90. The first kappa shape index (κ1) is 14.6. The van der Waals surface area contributed by atoms with Gasteiger partial charge in [-0.1, -0.05) is 18.1 Å². The van der Waals surface area contributed by atoms with Crippen molar-refractivity contribution in [2.75, 3.05) is 20.1 Å². The number of aromatic nitrogens is 1. The Labute approximate surface area is 127 Å². The van der Waals surface area contributed by atoms with Crippen LogP contribution in [-0.4, -0.2) is 30.2 Å². The van der Waals surface area contributed by atoms with Crippen LogP contribution in [0.15, 0.2) is 16.7 Å². The van der Waals surface area contributed by atoms with Crippen molar-refractivity contribution in [1.82, 2.24) is 10.1 Å². The summed E-state index contributed by atoms with van der Waals surface area (Å²) in [6.45, 7) is 6.81. The third-order valence-corrected chi connectivity index (χ3v) is 5.03. The number of hydrogen-bond donors (Lipinski definition) is 0. The molecule has 1 fully saturated rings. The number of likely N-dealkylation sites (tertiary alicyclic amines) is 1. The van der Waals surface area contributed by atoms with Gasteiger partial charge in [-0.15, -0.1) is 0 Å². The SMILES string of the molecule is CCc1c(C)ccc2c(CCC3CCN(C)CC3)noc12. The summed E-state index contributed by atoms with van der Waals surface area (Å²) in [6.07, 6.45) is 5.95. The lowest BCUT2D eigenvalue weighted by molar-refractivity contribution is 0.212. The molecule has 0 atom stereocenters. The Morgan fingerprint density at radius 2 is 2.05 bits per heavy atom. The molecule has 3 nitrogen and oxygen atoms in total. The second-order valence-corrected chi connectivity index (χ2v) is 6.51. The van der Waals surface area contributed by atoms with Gasteiger partial charge in [-0.2, -0.15) is 0 Å². The third kappa shape index (κ3) is 2.98. The van der Waals surface area contributed by atoms with Crippen molar-refractivity contribution in [2.24, 2.45) is 5.92 Å². The summed E-state index contributed by atoms with van der Waals surface area (Å²) in [5.41, 5.74) is 4.78. The van der Waals surface area contributed by atoms with Crippen molar-refractivity contribution in [1.29, 1.82) is 0 Å². The second-order valence-electron chi connectivity index (χ2n) is 6.51. The van der Waals surface area contributed by atoms with Gasteiger partial charge in [0, 0.05) is 10.9 Å². The van der Waals surface area contributed by atoms with Crippen LogP contribution in [0, 0.1) is 12.8 Å². The van der Waals surface area contributed by atoms with Gasteiger partial charge < -0.3 is 9.42 Å². The van der Waals surface area contributed by atoms with Gasteiger partial charge in [-0.3, -0.25) is 0 Å². The summed E-state index contributed by atoms with van der Waals surface area (Å²) < 4.78 is 5.65. The molecule has 2 aromatic rings. The summed E-state index contributed by atoms with van der Waals surface area (Å²) in [4.78, 5) is 2.43. The second kappa shape index (κ2) is 6.18. The van der Waals surface area contributed by atoms with E-state index < -0.39 is 0 Å². The van der Waals surface area contributed by atoms with E-state index in [-0.39, 0.29) is 0 Å². The van der Waals surface area contributed by atoms with E-state index in [0.29, 0.717) is 0 Å². The van der Waals surface area contributed by atoms with Gasteiger partial charge in [0.15, 0.2) is 5.58 Å². The average molecular weight is 286 g/mol. The highest BCUT2D eigenvalue weighted by molar-refractivity contribution is 5.83. The Balaban J connectivity index is 1.73. The summed E-state index contributed by atoms with van der Waals surface area (Å²) in [6, 6.07) is 4.39. The molecule has 0 spiro atoms. The van der Waals surface area contributed by atoms with Gasteiger partial charge in [0.2, 0.25) is 0 Å². The van der Waals surface area contributed by atoms with Crippen molar-refractivity contribution in [3.05, 3.63) is 29.0 Å². The van der Waals surface area contributed by atoms with Crippen molar-refractivity contribution in [3.63, 3.8) is 0 Å². The molecule has 0 unspecified atom stereocenters. The highest BCUT2D eigenvalue weighted by atomic mass is 16.5. The number of benzene rings is 1. The van der Waals surface area contributed by atoms with Crippen molar-refractivity contribution in [3.8, 4) is 0 Å². The van der Waals surface area contributed by atoms with E-state index in [4.69, 9.17) is 4.52 Å². The zero-order valence-corrected chi connectivity index (χ0v) is 13.5. The van der Waals surface area contributed by atoms with E-state index in [0.717, 1.165) is 30.0 Å². The number of hydrogen-bond acceptors (Lipinski definition) is 3. The van der Waals surface area contributed by atoms with E-state index in [9.17, 15) is 0 Å². The smallest absolute Gasteiger partial charge is 0.170 e. The Hall–Kier alpha value is -1.35. The molecule has 0 amide bonds. The van der Waals surface area contributed by atoms with E-state index in [1.807, 2.05) is 0 Å². The molecule has 0 N–H and O–H groups in total. The minimum Gasteiger partial charge on any atom is -0.356 e.